The third-order valence-electron chi connectivity index (χ3n) is 3.76. The maximum atomic E-state index is 11.9. The lowest BCUT2D eigenvalue weighted by molar-refractivity contribution is -0.134. The Hall–Kier alpha value is -2.37. The first kappa shape index (κ1) is 12.7. The molecule has 6 heteroatoms. The lowest BCUT2D eigenvalue weighted by Gasteiger charge is -2.30. The van der Waals surface area contributed by atoms with Crippen molar-refractivity contribution in [1.82, 2.24) is 14.9 Å². The van der Waals surface area contributed by atoms with Gasteiger partial charge in [-0.15, -0.1) is 0 Å². The molecule has 1 aliphatic heterocycles. The van der Waals surface area contributed by atoms with E-state index in [4.69, 9.17) is 0 Å². The predicted molar refractivity (Wildman–Crippen MR) is 75.3 cm³/mol. The molecule has 3 rings (SSSR count). The fourth-order valence-electron chi connectivity index (χ4n) is 2.64. The van der Waals surface area contributed by atoms with Crippen LogP contribution in [0.3, 0.4) is 0 Å². The number of para-hydroxylation sites is 2. The van der Waals surface area contributed by atoms with Gasteiger partial charge in [0, 0.05) is 20.5 Å². The van der Waals surface area contributed by atoms with Gasteiger partial charge in [0.2, 0.25) is 17.8 Å². The molecule has 20 heavy (non-hydrogen) atoms. The fraction of sp³-hybridized carbons (Fsp3) is 0.357. The molecule has 0 radical (unpaired) electrons. The molecule has 0 aliphatic carbocycles. The Morgan fingerprint density at radius 2 is 2.10 bits per heavy atom. The number of benzene rings is 1. The number of aromatic nitrogens is 2. The van der Waals surface area contributed by atoms with Crippen molar-refractivity contribution in [3.63, 3.8) is 0 Å². The maximum absolute atomic E-state index is 11.9. The molecule has 2 amide bonds. The zero-order valence-corrected chi connectivity index (χ0v) is 11.5. The number of carbonyl (C=O) groups is 2. The summed E-state index contributed by atoms with van der Waals surface area (Å²) in [5.41, 5.74) is 1.91. The van der Waals surface area contributed by atoms with Crippen LogP contribution in [0.5, 0.6) is 0 Å². The van der Waals surface area contributed by atoms with Crippen LogP contribution in [0.4, 0.5) is 5.95 Å². The highest BCUT2D eigenvalue weighted by Gasteiger charge is 2.31. The topological polar surface area (TPSA) is 67.2 Å². The number of aryl methyl sites for hydroxylation is 1. The van der Waals surface area contributed by atoms with Crippen molar-refractivity contribution < 1.29 is 9.59 Å². The molecule has 1 saturated heterocycles. The first-order valence-electron chi connectivity index (χ1n) is 6.56. The van der Waals surface area contributed by atoms with Gasteiger partial charge in [0.15, 0.2) is 0 Å². The molecule has 1 aromatic carbocycles. The first-order chi connectivity index (χ1) is 9.58. The summed E-state index contributed by atoms with van der Waals surface area (Å²) in [6.07, 6.45) is 0.884. The van der Waals surface area contributed by atoms with E-state index in [9.17, 15) is 9.59 Å². The van der Waals surface area contributed by atoms with E-state index in [0.717, 1.165) is 17.0 Å². The number of fused-ring (bicyclic) bond motifs is 1. The summed E-state index contributed by atoms with van der Waals surface area (Å²) in [4.78, 5) is 29.5. The van der Waals surface area contributed by atoms with Gasteiger partial charge in [0.1, 0.15) is 6.04 Å². The number of nitrogens with zero attached hydrogens (tertiary/aromatic N) is 3. The highest BCUT2D eigenvalue weighted by molar-refractivity contribution is 6.01. The van der Waals surface area contributed by atoms with E-state index in [2.05, 4.69) is 10.3 Å². The van der Waals surface area contributed by atoms with Gasteiger partial charge in [0.05, 0.1) is 11.0 Å². The third kappa shape index (κ3) is 1.93. The van der Waals surface area contributed by atoms with E-state index >= 15 is 0 Å². The summed E-state index contributed by atoms with van der Waals surface area (Å²) in [6.45, 7) is 0. The molecule has 1 unspecified atom stereocenters. The minimum Gasteiger partial charge on any atom is -0.333 e. The Bertz CT molecular complexity index is 692. The third-order valence-corrected chi connectivity index (χ3v) is 3.76. The van der Waals surface area contributed by atoms with Crippen molar-refractivity contribution in [2.45, 2.75) is 18.9 Å². The number of piperidine rings is 1. The van der Waals surface area contributed by atoms with Crippen LogP contribution in [-0.2, 0) is 16.6 Å². The van der Waals surface area contributed by atoms with Crippen LogP contribution in [0.15, 0.2) is 24.3 Å². The molecule has 1 atom stereocenters. The largest absolute Gasteiger partial charge is 0.333 e. The van der Waals surface area contributed by atoms with Crippen LogP contribution in [0, 0.1) is 0 Å². The quantitative estimate of drug-likeness (QED) is 0.822. The average Bonchev–Trinajstić information content (AvgIpc) is 2.76. The molecule has 2 heterocycles. The average molecular weight is 272 g/mol. The van der Waals surface area contributed by atoms with Gasteiger partial charge in [-0.3, -0.25) is 14.9 Å². The number of rotatable bonds is 2. The normalized spacial score (nSPS) is 19.2. The molecular weight excluding hydrogens is 256 g/mol. The van der Waals surface area contributed by atoms with Crippen molar-refractivity contribution in [2.75, 3.05) is 11.9 Å². The maximum Gasteiger partial charge on any atom is 0.249 e. The minimum absolute atomic E-state index is 0.204. The van der Waals surface area contributed by atoms with Crippen LogP contribution in [0.25, 0.3) is 11.0 Å². The number of likely N-dealkylation sites (N-methyl/N-ethyl adjacent to an activating group) is 1. The van der Waals surface area contributed by atoms with Gasteiger partial charge in [-0.25, -0.2) is 4.98 Å². The zero-order chi connectivity index (χ0) is 14.3. The summed E-state index contributed by atoms with van der Waals surface area (Å²) in [6, 6.07) is 7.47. The van der Waals surface area contributed by atoms with E-state index < -0.39 is 0 Å². The molecule has 2 aromatic rings. The second kappa shape index (κ2) is 4.63. The van der Waals surface area contributed by atoms with Gasteiger partial charge in [0.25, 0.3) is 0 Å². The van der Waals surface area contributed by atoms with Crippen LogP contribution in [-0.4, -0.2) is 34.5 Å². The Balaban J connectivity index is 1.96. The first-order valence-corrected chi connectivity index (χ1v) is 6.56. The van der Waals surface area contributed by atoms with Crippen molar-refractivity contribution in [3.8, 4) is 0 Å². The second-order valence-corrected chi connectivity index (χ2v) is 5.04. The summed E-state index contributed by atoms with van der Waals surface area (Å²) in [5, 5.41) is 2.38. The van der Waals surface area contributed by atoms with E-state index in [0.29, 0.717) is 12.8 Å². The number of carbonyl (C=O) groups excluding carboxylic acids is 2. The molecule has 0 bridgehead atoms. The molecule has 1 aliphatic rings. The molecule has 1 N–H and O–H groups in total. The summed E-state index contributed by atoms with van der Waals surface area (Å²) in [5.74, 6) is 0.265. The highest BCUT2D eigenvalue weighted by atomic mass is 16.2. The van der Waals surface area contributed by atoms with Crippen molar-refractivity contribution in [3.05, 3.63) is 24.3 Å². The Kier molecular flexibility index (Phi) is 2.93. The number of imide groups is 1. The SMILES string of the molecule is CN(c1nc2ccccc2n1C)C1CCC(=O)NC1=O. The van der Waals surface area contributed by atoms with Crippen molar-refractivity contribution in [2.24, 2.45) is 7.05 Å². The number of amides is 2. The summed E-state index contributed by atoms with van der Waals surface area (Å²) >= 11 is 0. The standard InChI is InChI=1S/C14H16N4O2/c1-17-10-6-4-3-5-9(10)15-14(17)18(2)11-7-8-12(19)16-13(11)20/h3-6,11H,7-8H2,1-2H3,(H,16,19,20). The van der Waals surface area contributed by atoms with E-state index in [1.807, 2.05) is 47.8 Å². The smallest absolute Gasteiger partial charge is 0.249 e. The molecule has 1 aromatic heterocycles. The fourth-order valence-corrected chi connectivity index (χ4v) is 2.64. The number of anilines is 1. The summed E-state index contributed by atoms with van der Waals surface area (Å²) in [7, 11) is 3.76. The van der Waals surface area contributed by atoms with Crippen molar-refractivity contribution in [1.29, 1.82) is 0 Å². The second-order valence-electron chi connectivity index (χ2n) is 5.04. The Labute approximate surface area is 116 Å². The lowest BCUT2D eigenvalue weighted by Crippen LogP contribution is -2.52. The number of hydrogen-bond donors (Lipinski definition) is 1. The van der Waals surface area contributed by atoms with Gasteiger partial charge in [-0.05, 0) is 18.6 Å². The number of imidazole rings is 1. The van der Waals surface area contributed by atoms with Crippen LogP contribution < -0.4 is 10.2 Å². The molecular formula is C14H16N4O2. The number of nitrogens with one attached hydrogen (secondary N) is 1. The molecule has 1 fully saturated rings. The Morgan fingerprint density at radius 3 is 2.80 bits per heavy atom. The lowest BCUT2D eigenvalue weighted by atomic mass is 10.1. The number of hydrogen-bond acceptors (Lipinski definition) is 4. The highest BCUT2D eigenvalue weighted by Crippen LogP contribution is 2.23. The van der Waals surface area contributed by atoms with Gasteiger partial charge < -0.3 is 9.47 Å². The van der Waals surface area contributed by atoms with Gasteiger partial charge in [-0.2, -0.15) is 0 Å². The summed E-state index contributed by atoms with van der Waals surface area (Å²) < 4.78 is 1.96. The molecule has 0 spiro atoms. The van der Waals surface area contributed by atoms with Crippen LogP contribution >= 0.6 is 0 Å². The van der Waals surface area contributed by atoms with E-state index in [1.54, 1.807) is 0 Å². The predicted octanol–water partition coefficient (Wildman–Crippen LogP) is 0.815. The van der Waals surface area contributed by atoms with Crippen LogP contribution in [0.2, 0.25) is 0 Å². The monoisotopic (exact) mass is 272 g/mol. The van der Waals surface area contributed by atoms with Crippen molar-refractivity contribution >= 4 is 28.8 Å². The zero-order valence-electron chi connectivity index (χ0n) is 11.5. The molecule has 0 saturated carbocycles. The van der Waals surface area contributed by atoms with E-state index in [1.165, 1.54) is 0 Å². The van der Waals surface area contributed by atoms with E-state index in [-0.39, 0.29) is 17.9 Å². The Morgan fingerprint density at radius 1 is 1.35 bits per heavy atom. The van der Waals surface area contributed by atoms with Gasteiger partial charge >= 0.3 is 0 Å². The molecule has 104 valence electrons. The molecule has 6 nitrogen and oxygen atoms in total. The minimum atomic E-state index is -0.358. The van der Waals surface area contributed by atoms with Gasteiger partial charge in [-0.1, -0.05) is 12.1 Å². The van der Waals surface area contributed by atoms with Crippen LogP contribution in [0.1, 0.15) is 12.8 Å².